The number of aliphatic carboxylic acids is 2. The van der Waals surface area contributed by atoms with Crippen LogP contribution >= 0.6 is 12.4 Å². The second-order valence-electron chi connectivity index (χ2n) is 4.22. The molecule has 0 heterocycles. The molecule has 0 bridgehead atoms. The van der Waals surface area contributed by atoms with Gasteiger partial charge in [0.15, 0.2) is 0 Å². The topological polar surface area (TPSA) is 86.6 Å². The van der Waals surface area contributed by atoms with E-state index in [2.05, 4.69) is 5.32 Å². The van der Waals surface area contributed by atoms with Crippen molar-refractivity contribution in [3.63, 3.8) is 0 Å². The molecule has 0 aliphatic rings. The molecule has 0 aromatic heterocycles. The van der Waals surface area contributed by atoms with Gasteiger partial charge in [0.2, 0.25) is 0 Å². The summed E-state index contributed by atoms with van der Waals surface area (Å²) in [5.74, 6) is -1.99. The zero-order valence-electron chi connectivity index (χ0n) is 9.11. The van der Waals surface area contributed by atoms with E-state index in [4.69, 9.17) is 10.2 Å². The van der Waals surface area contributed by atoms with Crippen LogP contribution in [-0.4, -0.2) is 33.7 Å². The molecule has 0 rings (SSSR count). The molecule has 0 aliphatic heterocycles. The lowest BCUT2D eigenvalue weighted by molar-refractivity contribution is -0.141. The summed E-state index contributed by atoms with van der Waals surface area (Å²) in [6.07, 6.45) is -0.0397. The smallest absolute Gasteiger partial charge is 0.320 e. The average molecular weight is 240 g/mol. The Bertz CT molecular complexity index is 225. The quantitative estimate of drug-likeness (QED) is 0.669. The highest BCUT2D eigenvalue weighted by Crippen LogP contribution is 2.06. The van der Waals surface area contributed by atoms with Gasteiger partial charge >= 0.3 is 11.9 Å². The Balaban J connectivity index is 0. The molecule has 0 unspecified atom stereocenters. The fourth-order valence-electron chi connectivity index (χ4n) is 1.05. The third-order valence-corrected chi connectivity index (χ3v) is 1.55. The van der Waals surface area contributed by atoms with E-state index in [1.54, 1.807) is 0 Å². The first-order valence-electron chi connectivity index (χ1n) is 4.44. The first kappa shape index (κ1) is 16.6. The summed E-state index contributed by atoms with van der Waals surface area (Å²) in [6, 6.07) is -0.800. The molecule has 0 spiro atoms. The van der Waals surface area contributed by atoms with Gasteiger partial charge in [-0.2, -0.15) is 0 Å². The van der Waals surface area contributed by atoms with E-state index in [9.17, 15) is 9.59 Å². The minimum atomic E-state index is -1.01. The van der Waals surface area contributed by atoms with E-state index in [0.717, 1.165) is 0 Å². The number of nitrogens with one attached hydrogen (secondary N) is 1. The second kappa shape index (κ2) is 6.63. The maximum atomic E-state index is 10.7. The SMILES string of the molecule is CC(C)(C)N[C@@H](CCC(=O)O)C(=O)O.Cl. The van der Waals surface area contributed by atoms with Crippen LogP contribution in [0.1, 0.15) is 33.6 Å². The average Bonchev–Trinajstić information content (AvgIpc) is 1.94. The molecule has 0 radical (unpaired) electrons. The molecule has 0 aromatic carbocycles. The number of rotatable bonds is 5. The van der Waals surface area contributed by atoms with Crippen molar-refractivity contribution in [2.24, 2.45) is 0 Å². The van der Waals surface area contributed by atoms with Crippen molar-refractivity contribution < 1.29 is 19.8 Å². The van der Waals surface area contributed by atoms with Crippen molar-refractivity contribution in [2.75, 3.05) is 0 Å². The molecule has 15 heavy (non-hydrogen) atoms. The summed E-state index contributed by atoms with van der Waals surface area (Å²) >= 11 is 0. The Kier molecular flexibility index (Phi) is 7.35. The third-order valence-electron chi connectivity index (χ3n) is 1.55. The summed E-state index contributed by atoms with van der Waals surface area (Å²) in [5.41, 5.74) is -0.332. The zero-order valence-corrected chi connectivity index (χ0v) is 9.93. The van der Waals surface area contributed by atoms with E-state index < -0.39 is 18.0 Å². The van der Waals surface area contributed by atoms with Crippen LogP contribution in [0, 0.1) is 0 Å². The van der Waals surface area contributed by atoms with Crippen LogP contribution in [0.15, 0.2) is 0 Å². The van der Waals surface area contributed by atoms with Crippen LogP contribution in [0.25, 0.3) is 0 Å². The van der Waals surface area contributed by atoms with Gasteiger partial charge in [-0.15, -0.1) is 12.4 Å². The molecule has 5 nitrogen and oxygen atoms in total. The van der Waals surface area contributed by atoms with Crippen molar-refractivity contribution in [3.8, 4) is 0 Å². The van der Waals surface area contributed by atoms with Gasteiger partial charge in [0, 0.05) is 12.0 Å². The maximum absolute atomic E-state index is 10.7. The largest absolute Gasteiger partial charge is 0.481 e. The van der Waals surface area contributed by atoms with E-state index in [-0.39, 0.29) is 30.8 Å². The van der Waals surface area contributed by atoms with Crippen LogP contribution in [0.3, 0.4) is 0 Å². The van der Waals surface area contributed by atoms with Crippen LogP contribution in [0.2, 0.25) is 0 Å². The monoisotopic (exact) mass is 239 g/mol. The fourth-order valence-corrected chi connectivity index (χ4v) is 1.05. The summed E-state index contributed by atoms with van der Waals surface area (Å²) in [4.78, 5) is 21.0. The molecule has 3 N–H and O–H groups in total. The lowest BCUT2D eigenvalue weighted by atomic mass is 10.0. The molecule has 1 atom stereocenters. The Morgan fingerprint density at radius 3 is 2.00 bits per heavy atom. The summed E-state index contributed by atoms with van der Waals surface area (Å²) in [5, 5.41) is 20.1. The minimum Gasteiger partial charge on any atom is -0.481 e. The van der Waals surface area contributed by atoms with E-state index in [0.29, 0.717) is 0 Å². The van der Waals surface area contributed by atoms with Crippen LogP contribution in [0.4, 0.5) is 0 Å². The Labute approximate surface area is 95.3 Å². The number of carboxylic acid groups (broad SMARTS) is 2. The highest BCUT2D eigenvalue weighted by molar-refractivity contribution is 5.85. The van der Waals surface area contributed by atoms with Crippen molar-refractivity contribution in [2.45, 2.75) is 45.2 Å². The predicted molar refractivity (Wildman–Crippen MR) is 58.4 cm³/mol. The Morgan fingerprint density at radius 1 is 1.27 bits per heavy atom. The lowest BCUT2D eigenvalue weighted by Crippen LogP contribution is -2.47. The maximum Gasteiger partial charge on any atom is 0.320 e. The van der Waals surface area contributed by atoms with E-state index in [1.165, 1.54) is 0 Å². The van der Waals surface area contributed by atoms with E-state index in [1.807, 2.05) is 20.8 Å². The van der Waals surface area contributed by atoms with Crippen LogP contribution < -0.4 is 5.32 Å². The lowest BCUT2D eigenvalue weighted by Gasteiger charge is -2.25. The summed E-state index contributed by atoms with van der Waals surface area (Å²) < 4.78 is 0. The molecular formula is C9H18ClNO4. The van der Waals surface area contributed by atoms with Gasteiger partial charge in [-0.3, -0.25) is 14.9 Å². The van der Waals surface area contributed by atoms with Gasteiger partial charge in [-0.25, -0.2) is 0 Å². The van der Waals surface area contributed by atoms with Gasteiger partial charge in [0.1, 0.15) is 6.04 Å². The number of hydrogen-bond donors (Lipinski definition) is 3. The molecular weight excluding hydrogens is 222 g/mol. The van der Waals surface area contributed by atoms with Crippen LogP contribution in [0.5, 0.6) is 0 Å². The first-order valence-corrected chi connectivity index (χ1v) is 4.44. The molecule has 90 valence electrons. The van der Waals surface area contributed by atoms with E-state index >= 15 is 0 Å². The number of carbonyl (C=O) groups is 2. The summed E-state index contributed by atoms with van der Waals surface area (Å²) in [7, 11) is 0. The number of halogens is 1. The normalized spacial score (nSPS) is 12.7. The minimum absolute atomic E-state index is 0. The second-order valence-corrected chi connectivity index (χ2v) is 4.22. The number of hydrogen-bond acceptors (Lipinski definition) is 3. The Hall–Kier alpha value is -0.810. The Morgan fingerprint density at radius 2 is 1.73 bits per heavy atom. The predicted octanol–water partition coefficient (Wildman–Crippen LogP) is 1.11. The van der Waals surface area contributed by atoms with Gasteiger partial charge in [-0.05, 0) is 27.2 Å². The van der Waals surface area contributed by atoms with Crippen molar-refractivity contribution in [1.29, 1.82) is 0 Å². The van der Waals surface area contributed by atoms with Gasteiger partial charge in [0.05, 0.1) is 0 Å². The van der Waals surface area contributed by atoms with Gasteiger partial charge < -0.3 is 10.2 Å². The molecule has 6 heteroatoms. The standard InChI is InChI=1S/C9H17NO4.ClH/c1-9(2,3)10-6(8(13)14)4-5-7(11)12;/h6,10H,4-5H2,1-3H3,(H,11,12)(H,13,14);1H/t6-;/m0./s1. The van der Waals surface area contributed by atoms with Gasteiger partial charge in [0.25, 0.3) is 0 Å². The van der Waals surface area contributed by atoms with Crippen molar-refractivity contribution in [1.82, 2.24) is 5.32 Å². The molecule has 0 fully saturated rings. The molecule has 0 aliphatic carbocycles. The number of carboxylic acids is 2. The first-order chi connectivity index (χ1) is 6.22. The third kappa shape index (κ3) is 9.49. The van der Waals surface area contributed by atoms with Gasteiger partial charge in [-0.1, -0.05) is 0 Å². The van der Waals surface area contributed by atoms with Crippen molar-refractivity contribution in [3.05, 3.63) is 0 Å². The zero-order chi connectivity index (χ0) is 11.4. The van der Waals surface area contributed by atoms with Crippen LogP contribution in [-0.2, 0) is 9.59 Å². The summed E-state index contributed by atoms with van der Waals surface area (Å²) in [6.45, 7) is 5.51. The fraction of sp³-hybridized carbons (Fsp3) is 0.778. The highest BCUT2D eigenvalue weighted by atomic mass is 35.5. The molecule has 0 saturated heterocycles. The molecule has 0 saturated carbocycles. The highest BCUT2D eigenvalue weighted by Gasteiger charge is 2.23. The molecule has 0 amide bonds. The molecule has 0 aromatic rings. The van der Waals surface area contributed by atoms with Crippen molar-refractivity contribution >= 4 is 24.3 Å².